The molecule has 1 unspecified atom stereocenters. The van der Waals surface area contributed by atoms with Crippen molar-refractivity contribution < 1.29 is 17.7 Å². The maximum Gasteiger partial charge on any atom is 0.252 e. The molecule has 0 aromatic carbocycles. The summed E-state index contributed by atoms with van der Waals surface area (Å²) in [6.45, 7) is 1.55. The molecule has 0 N–H and O–H groups in total. The zero-order valence-electron chi connectivity index (χ0n) is 8.68. The summed E-state index contributed by atoms with van der Waals surface area (Å²) in [5, 5.41) is 2.85. The Labute approximate surface area is 107 Å². The molecule has 94 valence electrons. The summed E-state index contributed by atoms with van der Waals surface area (Å²) in [6.07, 6.45) is -0.179. The number of halogens is 2. The van der Waals surface area contributed by atoms with Gasteiger partial charge in [-0.25, -0.2) is 8.42 Å². The molecule has 1 aromatic heterocycles. The molecule has 1 aliphatic rings. The van der Waals surface area contributed by atoms with E-state index < -0.39 is 20.2 Å². The molecule has 0 aliphatic carbocycles. The van der Waals surface area contributed by atoms with Crippen LogP contribution in [-0.2, 0) is 13.8 Å². The number of hydrogen-bond donors (Lipinski definition) is 0. The number of nitrogens with zero attached hydrogens (tertiary/aromatic N) is 2. The van der Waals surface area contributed by atoms with E-state index in [9.17, 15) is 13.2 Å². The minimum atomic E-state index is -3.78. The second kappa shape index (κ2) is 4.15. The Bertz CT molecular complexity index is 568. The van der Waals surface area contributed by atoms with Crippen LogP contribution in [0.25, 0.3) is 0 Å². The van der Waals surface area contributed by atoms with Crippen LogP contribution in [0.3, 0.4) is 0 Å². The topological polar surface area (TPSA) is 80.5 Å². The third-order valence-electron chi connectivity index (χ3n) is 2.51. The van der Waals surface area contributed by atoms with Gasteiger partial charge in [0.15, 0.2) is 0 Å². The van der Waals surface area contributed by atoms with Crippen LogP contribution in [0.4, 0.5) is 5.88 Å². The van der Waals surface area contributed by atoms with Gasteiger partial charge in [-0.15, -0.1) is 0 Å². The van der Waals surface area contributed by atoms with E-state index in [1.54, 1.807) is 6.92 Å². The second-order valence-corrected chi connectivity index (χ2v) is 6.98. The summed E-state index contributed by atoms with van der Waals surface area (Å²) in [5.74, 6) is -0.339. The number of aromatic nitrogens is 1. The Hall–Kier alpha value is -0.790. The third-order valence-corrected chi connectivity index (χ3v) is 4.81. The summed E-state index contributed by atoms with van der Waals surface area (Å²) in [7, 11) is 1.44. The molecule has 2 heterocycles. The molecular formula is C8H8Cl2N2O4S. The fraction of sp³-hybridized carbons (Fsp3) is 0.500. The molecule has 2 rings (SSSR count). The molecule has 6 nitrogen and oxygen atoms in total. The van der Waals surface area contributed by atoms with Gasteiger partial charge in [-0.1, -0.05) is 16.8 Å². The smallest absolute Gasteiger partial charge is 0.252 e. The first-order valence-electron chi connectivity index (χ1n) is 4.66. The van der Waals surface area contributed by atoms with Crippen molar-refractivity contribution in [1.29, 1.82) is 0 Å². The number of aryl methyl sites for hydroxylation is 1. The molecular weight excluding hydrogens is 291 g/mol. The highest BCUT2D eigenvalue weighted by Gasteiger charge is 2.40. The van der Waals surface area contributed by atoms with Crippen LogP contribution < -0.4 is 4.90 Å². The Balaban J connectivity index is 2.31. The van der Waals surface area contributed by atoms with Crippen molar-refractivity contribution in [2.45, 2.75) is 18.6 Å². The van der Waals surface area contributed by atoms with Gasteiger partial charge in [0.1, 0.15) is 16.0 Å². The second-order valence-electron chi connectivity index (χ2n) is 3.69. The monoisotopic (exact) mass is 298 g/mol. The zero-order chi connectivity index (χ0) is 12.8. The fourth-order valence-corrected chi connectivity index (χ4v) is 2.77. The lowest BCUT2D eigenvalue weighted by atomic mass is 10.4. The van der Waals surface area contributed by atoms with Crippen molar-refractivity contribution in [3.63, 3.8) is 0 Å². The van der Waals surface area contributed by atoms with Crippen LogP contribution in [0.1, 0.15) is 12.1 Å². The Kier molecular flexibility index (Phi) is 3.09. The van der Waals surface area contributed by atoms with E-state index in [1.165, 1.54) is 0 Å². The standard InChI is InChI=1S/C8H8Cl2N2O4S/c1-4-7(9)8(16-11-4)12-3-5(2-6(12)13)17(10,14)15/h5H,2-3H2,1H3. The lowest BCUT2D eigenvalue weighted by Gasteiger charge is -2.11. The summed E-state index contributed by atoms with van der Waals surface area (Å²) >= 11 is 5.88. The molecule has 9 heteroatoms. The lowest BCUT2D eigenvalue weighted by molar-refractivity contribution is -0.117. The first-order chi connectivity index (χ1) is 7.80. The number of rotatable bonds is 2. The van der Waals surface area contributed by atoms with Gasteiger partial charge >= 0.3 is 0 Å². The quantitative estimate of drug-likeness (QED) is 0.769. The highest BCUT2D eigenvalue weighted by Crippen LogP contribution is 2.33. The van der Waals surface area contributed by atoms with Crippen LogP contribution in [-0.4, -0.2) is 31.3 Å². The number of carbonyl (C=O) groups excluding carboxylic acids is 1. The SMILES string of the molecule is Cc1noc(N2CC(S(=O)(=O)Cl)CC2=O)c1Cl. The Morgan fingerprint density at radius 3 is 2.59 bits per heavy atom. The van der Waals surface area contributed by atoms with E-state index in [-0.39, 0.29) is 23.9 Å². The van der Waals surface area contributed by atoms with E-state index in [0.717, 1.165) is 4.90 Å². The van der Waals surface area contributed by atoms with Gasteiger partial charge < -0.3 is 4.52 Å². The number of hydrogen-bond acceptors (Lipinski definition) is 5. The largest absolute Gasteiger partial charge is 0.336 e. The van der Waals surface area contributed by atoms with Gasteiger partial charge in [0.05, 0.1) is 0 Å². The molecule has 1 saturated heterocycles. The van der Waals surface area contributed by atoms with E-state index in [0.29, 0.717) is 5.69 Å². The molecule has 0 saturated carbocycles. The van der Waals surface area contributed by atoms with Gasteiger partial charge in [0.25, 0.3) is 5.88 Å². The minimum absolute atomic E-state index is 0.0667. The predicted molar refractivity (Wildman–Crippen MR) is 61.8 cm³/mol. The van der Waals surface area contributed by atoms with Crippen molar-refractivity contribution in [2.24, 2.45) is 0 Å². The maximum absolute atomic E-state index is 11.6. The normalized spacial score (nSPS) is 21.2. The molecule has 1 amide bonds. The average Bonchev–Trinajstić information content (AvgIpc) is 2.72. The lowest BCUT2D eigenvalue weighted by Crippen LogP contribution is -2.26. The van der Waals surface area contributed by atoms with E-state index in [1.807, 2.05) is 0 Å². The van der Waals surface area contributed by atoms with Crippen LogP contribution in [0.2, 0.25) is 5.02 Å². The van der Waals surface area contributed by atoms with Crippen molar-refractivity contribution >= 4 is 43.1 Å². The third kappa shape index (κ3) is 2.27. The molecule has 0 radical (unpaired) electrons. The summed E-state index contributed by atoms with van der Waals surface area (Å²) in [5.41, 5.74) is 0.437. The minimum Gasteiger partial charge on any atom is -0.336 e. The van der Waals surface area contributed by atoms with Gasteiger partial charge in [0, 0.05) is 23.6 Å². The highest BCUT2D eigenvalue weighted by atomic mass is 35.7. The van der Waals surface area contributed by atoms with Gasteiger partial charge in [-0.3, -0.25) is 9.69 Å². The number of amides is 1. The van der Waals surface area contributed by atoms with Crippen molar-refractivity contribution in [3.8, 4) is 0 Å². The first kappa shape index (κ1) is 12.7. The fourth-order valence-electron chi connectivity index (χ4n) is 1.57. The summed E-state index contributed by atoms with van der Waals surface area (Å²) in [6, 6.07) is 0. The van der Waals surface area contributed by atoms with E-state index >= 15 is 0 Å². The van der Waals surface area contributed by atoms with Crippen LogP contribution in [0, 0.1) is 6.92 Å². The van der Waals surface area contributed by atoms with Gasteiger partial charge in [-0.05, 0) is 6.92 Å². The molecule has 1 aliphatic heterocycles. The Morgan fingerprint density at radius 2 is 2.18 bits per heavy atom. The number of anilines is 1. The van der Waals surface area contributed by atoms with E-state index in [2.05, 4.69) is 5.16 Å². The molecule has 1 fully saturated rings. The molecule has 1 atom stereocenters. The van der Waals surface area contributed by atoms with Crippen LogP contribution >= 0.6 is 22.3 Å². The van der Waals surface area contributed by atoms with Gasteiger partial charge in [-0.2, -0.15) is 0 Å². The molecule has 1 aromatic rings. The van der Waals surface area contributed by atoms with Crippen molar-refractivity contribution in [1.82, 2.24) is 5.16 Å². The summed E-state index contributed by atoms with van der Waals surface area (Å²) in [4.78, 5) is 12.8. The predicted octanol–water partition coefficient (Wildman–Crippen LogP) is 1.31. The maximum atomic E-state index is 11.6. The van der Waals surface area contributed by atoms with E-state index in [4.69, 9.17) is 26.8 Å². The highest BCUT2D eigenvalue weighted by molar-refractivity contribution is 8.14. The van der Waals surface area contributed by atoms with Crippen molar-refractivity contribution in [3.05, 3.63) is 10.7 Å². The molecule has 0 spiro atoms. The average molecular weight is 299 g/mol. The van der Waals surface area contributed by atoms with Crippen LogP contribution in [0.15, 0.2) is 4.52 Å². The molecule has 0 bridgehead atoms. The molecule has 17 heavy (non-hydrogen) atoms. The van der Waals surface area contributed by atoms with Gasteiger partial charge in [0.2, 0.25) is 15.0 Å². The van der Waals surface area contributed by atoms with Crippen LogP contribution in [0.5, 0.6) is 0 Å². The zero-order valence-corrected chi connectivity index (χ0v) is 11.0. The Morgan fingerprint density at radius 1 is 1.53 bits per heavy atom. The summed E-state index contributed by atoms with van der Waals surface area (Å²) < 4.78 is 27.2. The first-order valence-corrected chi connectivity index (χ1v) is 7.41. The van der Waals surface area contributed by atoms with Crippen molar-refractivity contribution in [2.75, 3.05) is 11.4 Å². The number of carbonyl (C=O) groups is 1.